The van der Waals surface area contributed by atoms with Crippen molar-refractivity contribution in [1.82, 2.24) is 4.90 Å². The van der Waals surface area contributed by atoms with Gasteiger partial charge in [-0.25, -0.2) is 0 Å². The van der Waals surface area contributed by atoms with Gasteiger partial charge in [-0.2, -0.15) is 0 Å². The molecule has 1 aromatic carbocycles. The molecule has 0 fully saturated rings. The fourth-order valence-electron chi connectivity index (χ4n) is 1.74. The van der Waals surface area contributed by atoms with Crippen LogP contribution in [0.15, 0.2) is 18.2 Å². The van der Waals surface area contributed by atoms with Crippen LogP contribution in [0.4, 0.5) is 0 Å². The van der Waals surface area contributed by atoms with E-state index in [1.54, 1.807) is 37.3 Å². The van der Waals surface area contributed by atoms with Gasteiger partial charge < -0.3 is 14.4 Å². The first kappa shape index (κ1) is 15.3. The van der Waals surface area contributed by atoms with Gasteiger partial charge in [0.25, 0.3) is 5.91 Å². The van der Waals surface area contributed by atoms with Gasteiger partial charge in [0, 0.05) is 13.6 Å². The van der Waals surface area contributed by atoms with Gasteiger partial charge in [0.15, 0.2) is 0 Å². The summed E-state index contributed by atoms with van der Waals surface area (Å²) in [5.41, 5.74) is 0.535. The van der Waals surface area contributed by atoms with Crippen LogP contribution < -0.4 is 9.47 Å². The molecule has 0 spiro atoms. The summed E-state index contributed by atoms with van der Waals surface area (Å²) in [6.45, 7) is 5.02. The van der Waals surface area contributed by atoms with Gasteiger partial charge in [0.05, 0.1) is 19.8 Å². The van der Waals surface area contributed by atoms with E-state index in [0.717, 1.165) is 13.0 Å². The molecule has 0 saturated carbocycles. The minimum Gasteiger partial charge on any atom is -0.497 e. The molecule has 4 heteroatoms. The number of nitrogens with zero attached hydrogens (tertiary/aromatic N) is 1. The van der Waals surface area contributed by atoms with Crippen LogP contribution in [0.25, 0.3) is 0 Å². The first-order valence-electron chi connectivity index (χ1n) is 6.47. The highest BCUT2D eigenvalue weighted by Gasteiger charge is 2.17. The minimum absolute atomic E-state index is 0.0450. The van der Waals surface area contributed by atoms with Crippen LogP contribution in [0.2, 0.25) is 0 Å². The molecule has 0 N–H and O–H groups in total. The Morgan fingerprint density at radius 3 is 2.47 bits per heavy atom. The predicted molar refractivity (Wildman–Crippen MR) is 76.0 cm³/mol. The maximum atomic E-state index is 12.4. The van der Waals surface area contributed by atoms with E-state index in [0.29, 0.717) is 23.0 Å². The van der Waals surface area contributed by atoms with Gasteiger partial charge in [0.2, 0.25) is 0 Å². The average molecular weight is 265 g/mol. The maximum absolute atomic E-state index is 12.4. The quantitative estimate of drug-likeness (QED) is 0.794. The molecular formula is C15H23NO3. The van der Waals surface area contributed by atoms with Crippen LogP contribution in [0.3, 0.4) is 0 Å². The third-order valence-corrected chi connectivity index (χ3v) is 3.03. The molecular weight excluding hydrogens is 242 g/mol. The fraction of sp³-hybridized carbons (Fsp3) is 0.533. The van der Waals surface area contributed by atoms with Crippen LogP contribution in [-0.4, -0.2) is 38.6 Å². The summed E-state index contributed by atoms with van der Waals surface area (Å²) in [4.78, 5) is 14.1. The zero-order valence-corrected chi connectivity index (χ0v) is 12.4. The van der Waals surface area contributed by atoms with E-state index in [1.165, 1.54) is 0 Å². The summed E-state index contributed by atoms with van der Waals surface area (Å²) in [6.07, 6.45) is 0.981. The number of carbonyl (C=O) groups is 1. The Bertz CT molecular complexity index is 429. The highest BCUT2D eigenvalue weighted by atomic mass is 16.5. The van der Waals surface area contributed by atoms with Crippen LogP contribution in [0.5, 0.6) is 11.5 Å². The van der Waals surface area contributed by atoms with E-state index in [-0.39, 0.29) is 5.91 Å². The Morgan fingerprint density at radius 1 is 1.26 bits per heavy atom. The molecule has 0 aliphatic rings. The minimum atomic E-state index is -0.0450. The van der Waals surface area contributed by atoms with Crippen molar-refractivity contribution in [3.05, 3.63) is 23.8 Å². The third kappa shape index (κ3) is 4.16. The predicted octanol–water partition coefficient (Wildman–Crippen LogP) is 2.82. The monoisotopic (exact) mass is 265 g/mol. The van der Waals surface area contributed by atoms with Crippen LogP contribution in [-0.2, 0) is 0 Å². The first-order valence-corrected chi connectivity index (χ1v) is 6.47. The largest absolute Gasteiger partial charge is 0.497 e. The topological polar surface area (TPSA) is 38.8 Å². The molecule has 0 heterocycles. The summed E-state index contributed by atoms with van der Waals surface area (Å²) in [5.74, 6) is 1.75. The van der Waals surface area contributed by atoms with Crippen LogP contribution in [0, 0.1) is 5.92 Å². The number of ether oxygens (including phenoxy) is 2. The Balaban J connectivity index is 2.90. The second-order valence-corrected chi connectivity index (χ2v) is 4.98. The summed E-state index contributed by atoms with van der Waals surface area (Å²) in [6, 6.07) is 5.25. The smallest absolute Gasteiger partial charge is 0.257 e. The van der Waals surface area contributed by atoms with Crippen LogP contribution in [0.1, 0.15) is 30.6 Å². The molecule has 106 valence electrons. The second kappa shape index (κ2) is 7.02. The number of carbonyl (C=O) groups excluding carboxylic acids is 1. The van der Waals surface area contributed by atoms with E-state index in [4.69, 9.17) is 9.47 Å². The Labute approximate surface area is 115 Å². The van der Waals surface area contributed by atoms with Gasteiger partial charge >= 0.3 is 0 Å². The van der Waals surface area contributed by atoms with Crippen molar-refractivity contribution in [3.8, 4) is 11.5 Å². The SMILES string of the molecule is COc1ccc(OC)c(C(=O)N(C)CCC(C)C)c1. The Morgan fingerprint density at radius 2 is 1.95 bits per heavy atom. The molecule has 1 rings (SSSR count). The Kier molecular flexibility index (Phi) is 5.67. The zero-order valence-electron chi connectivity index (χ0n) is 12.4. The lowest BCUT2D eigenvalue weighted by molar-refractivity contribution is 0.0785. The molecule has 0 unspecified atom stereocenters. The molecule has 19 heavy (non-hydrogen) atoms. The van der Waals surface area contributed by atoms with Crippen molar-refractivity contribution in [2.24, 2.45) is 5.92 Å². The van der Waals surface area contributed by atoms with Crippen molar-refractivity contribution >= 4 is 5.91 Å². The summed E-state index contributed by atoms with van der Waals surface area (Å²) >= 11 is 0. The van der Waals surface area contributed by atoms with Crippen molar-refractivity contribution in [2.75, 3.05) is 27.8 Å². The average Bonchev–Trinajstić information content (AvgIpc) is 2.42. The summed E-state index contributed by atoms with van der Waals surface area (Å²) in [5, 5.41) is 0. The number of hydrogen-bond donors (Lipinski definition) is 0. The van der Waals surface area contributed by atoms with Crippen molar-refractivity contribution < 1.29 is 14.3 Å². The van der Waals surface area contributed by atoms with Crippen molar-refractivity contribution in [1.29, 1.82) is 0 Å². The lowest BCUT2D eigenvalue weighted by Crippen LogP contribution is -2.28. The van der Waals surface area contributed by atoms with Gasteiger partial charge in [0.1, 0.15) is 11.5 Å². The van der Waals surface area contributed by atoms with E-state index < -0.39 is 0 Å². The molecule has 0 aliphatic heterocycles. The maximum Gasteiger partial charge on any atom is 0.257 e. The number of benzene rings is 1. The van der Waals surface area contributed by atoms with E-state index in [1.807, 2.05) is 7.05 Å². The fourth-order valence-corrected chi connectivity index (χ4v) is 1.74. The van der Waals surface area contributed by atoms with Crippen molar-refractivity contribution in [2.45, 2.75) is 20.3 Å². The molecule has 0 aromatic heterocycles. The van der Waals surface area contributed by atoms with Gasteiger partial charge in [-0.05, 0) is 30.5 Å². The lowest BCUT2D eigenvalue weighted by Gasteiger charge is -2.20. The number of hydrogen-bond acceptors (Lipinski definition) is 3. The number of methoxy groups -OCH3 is 2. The third-order valence-electron chi connectivity index (χ3n) is 3.03. The Hall–Kier alpha value is -1.71. The molecule has 1 amide bonds. The van der Waals surface area contributed by atoms with Crippen molar-refractivity contribution in [3.63, 3.8) is 0 Å². The number of amides is 1. The summed E-state index contributed by atoms with van der Waals surface area (Å²) < 4.78 is 10.4. The standard InChI is InChI=1S/C15H23NO3/c1-11(2)8-9-16(3)15(17)13-10-12(18-4)6-7-14(13)19-5/h6-7,10-11H,8-9H2,1-5H3. The zero-order chi connectivity index (χ0) is 14.4. The van der Waals surface area contributed by atoms with E-state index >= 15 is 0 Å². The molecule has 0 aliphatic carbocycles. The van der Waals surface area contributed by atoms with E-state index in [2.05, 4.69) is 13.8 Å². The highest BCUT2D eigenvalue weighted by Crippen LogP contribution is 2.25. The van der Waals surface area contributed by atoms with E-state index in [9.17, 15) is 4.79 Å². The molecule has 0 saturated heterocycles. The van der Waals surface area contributed by atoms with Gasteiger partial charge in [-0.1, -0.05) is 13.8 Å². The number of rotatable bonds is 6. The van der Waals surface area contributed by atoms with Gasteiger partial charge in [-0.15, -0.1) is 0 Å². The second-order valence-electron chi connectivity index (χ2n) is 4.98. The van der Waals surface area contributed by atoms with Gasteiger partial charge in [-0.3, -0.25) is 4.79 Å². The summed E-state index contributed by atoms with van der Waals surface area (Å²) in [7, 11) is 4.95. The normalized spacial score (nSPS) is 10.4. The lowest BCUT2D eigenvalue weighted by atomic mass is 10.1. The van der Waals surface area contributed by atoms with Crippen LogP contribution >= 0.6 is 0 Å². The molecule has 0 radical (unpaired) electrons. The molecule has 1 aromatic rings. The molecule has 0 atom stereocenters. The first-order chi connectivity index (χ1) is 8.99. The molecule has 0 bridgehead atoms. The molecule has 4 nitrogen and oxygen atoms in total. The highest BCUT2D eigenvalue weighted by molar-refractivity contribution is 5.97.